The number of amides is 1. The van der Waals surface area contributed by atoms with Crippen LogP contribution in [0.1, 0.15) is 61.2 Å². The first kappa shape index (κ1) is 16.1. The number of phenols is 1. The predicted molar refractivity (Wildman–Crippen MR) is 91.3 cm³/mol. The fourth-order valence-corrected chi connectivity index (χ4v) is 3.40. The van der Waals surface area contributed by atoms with Gasteiger partial charge in [-0.3, -0.25) is 4.79 Å². The molecule has 2 fully saturated rings. The van der Waals surface area contributed by atoms with Crippen molar-refractivity contribution in [3.05, 3.63) is 41.5 Å². The molecule has 4 rings (SSSR count). The number of likely N-dealkylation sites (tertiary alicyclic amines) is 1. The Morgan fingerprint density at radius 3 is 2.76 bits per heavy atom. The van der Waals surface area contributed by atoms with Crippen molar-refractivity contribution in [1.29, 1.82) is 0 Å². The van der Waals surface area contributed by atoms with Crippen molar-refractivity contribution in [2.24, 2.45) is 0 Å². The Morgan fingerprint density at radius 1 is 1.20 bits per heavy atom. The minimum absolute atomic E-state index is 0.170. The minimum atomic E-state index is 0.170. The first-order valence-corrected chi connectivity index (χ1v) is 9.08. The fraction of sp³-hybridized carbons (Fsp3) is 0.526. The van der Waals surface area contributed by atoms with E-state index in [1.165, 1.54) is 0 Å². The maximum Gasteiger partial charge on any atom is 0.229 e. The number of hydrogen-bond donors (Lipinski definition) is 1. The van der Waals surface area contributed by atoms with E-state index in [4.69, 9.17) is 4.52 Å². The summed E-state index contributed by atoms with van der Waals surface area (Å²) >= 11 is 0. The van der Waals surface area contributed by atoms with Crippen LogP contribution in [0.5, 0.6) is 5.75 Å². The van der Waals surface area contributed by atoms with E-state index < -0.39 is 0 Å². The number of hydrogen-bond acceptors (Lipinski definition) is 5. The van der Waals surface area contributed by atoms with Gasteiger partial charge in [0.2, 0.25) is 11.8 Å². The number of piperidine rings is 1. The van der Waals surface area contributed by atoms with Crippen LogP contribution in [0.4, 0.5) is 0 Å². The van der Waals surface area contributed by atoms with Gasteiger partial charge < -0.3 is 14.5 Å². The predicted octanol–water partition coefficient (Wildman–Crippen LogP) is 2.99. The van der Waals surface area contributed by atoms with Crippen LogP contribution >= 0.6 is 0 Å². The van der Waals surface area contributed by atoms with Crippen LogP contribution in [0.3, 0.4) is 0 Å². The van der Waals surface area contributed by atoms with Crippen molar-refractivity contribution in [1.82, 2.24) is 15.0 Å². The van der Waals surface area contributed by atoms with Gasteiger partial charge in [0.15, 0.2) is 5.82 Å². The molecule has 1 aliphatic heterocycles. The Labute approximate surface area is 146 Å². The van der Waals surface area contributed by atoms with Crippen molar-refractivity contribution in [2.75, 3.05) is 13.1 Å². The van der Waals surface area contributed by atoms with Crippen molar-refractivity contribution < 1.29 is 14.4 Å². The van der Waals surface area contributed by atoms with E-state index in [9.17, 15) is 9.90 Å². The molecule has 1 N–H and O–H groups in total. The average Bonchev–Trinajstić information content (AvgIpc) is 3.38. The van der Waals surface area contributed by atoms with Gasteiger partial charge in [-0.25, -0.2) is 0 Å². The summed E-state index contributed by atoms with van der Waals surface area (Å²) in [7, 11) is 0. The van der Waals surface area contributed by atoms with Crippen molar-refractivity contribution in [3.8, 4) is 5.75 Å². The number of aryl methyl sites for hydroxylation is 1. The summed E-state index contributed by atoms with van der Waals surface area (Å²) in [5, 5.41) is 13.5. The molecule has 6 heteroatoms. The molecule has 1 unspecified atom stereocenters. The second-order valence-corrected chi connectivity index (χ2v) is 7.11. The summed E-state index contributed by atoms with van der Waals surface area (Å²) in [5.41, 5.74) is 1.06. The summed E-state index contributed by atoms with van der Waals surface area (Å²) in [6.45, 7) is 1.48. The molecule has 1 aromatic heterocycles. The van der Waals surface area contributed by atoms with Crippen LogP contribution in [-0.2, 0) is 11.2 Å². The number of benzene rings is 1. The third-order valence-corrected chi connectivity index (χ3v) is 5.09. The van der Waals surface area contributed by atoms with Gasteiger partial charge in [0.05, 0.1) is 0 Å². The third-order valence-electron chi connectivity index (χ3n) is 5.09. The van der Waals surface area contributed by atoms with Gasteiger partial charge in [0.25, 0.3) is 0 Å². The number of carbonyl (C=O) groups is 1. The Balaban J connectivity index is 1.33. The maximum atomic E-state index is 12.6. The van der Waals surface area contributed by atoms with E-state index >= 15 is 0 Å². The first-order chi connectivity index (χ1) is 12.2. The van der Waals surface area contributed by atoms with Gasteiger partial charge in [-0.05, 0) is 49.8 Å². The molecule has 1 aromatic carbocycles. The molecule has 1 saturated heterocycles. The summed E-state index contributed by atoms with van der Waals surface area (Å²) in [4.78, 5) is 19.0. The normalized spacial score (nSPS) is 20.6. The van der Waals surface area contributed by atoms with E-state index in [0.29, 0.717) is 25.3 Å². The molecule has 6 nitrogen and oxygen atoms in total. The smallest absolute Gasteiger partial charge is 0.229 e. The molecule has 25 heavy (non-hydrogen) atoms. The summed E-state index contributed by atoms with van der Waals surface area (Å²) in [5.74, 6) is 2.60. The van der Waals surface area contributed by atoms with Crippen molar-refractivity contribution in [3.63, 3.8) is 0 Å². The molecule has 0 radical (unpaired) electrons. The van der Waals surface area contributed by atoms with Crippen LogP contribution in [0.25, 0.3) is 0 Å². The Bertz CT molecular complexity index is 737. The van der Waals surface area contributed by atoms with E-state index in [2.05, 4.69) is 10.1 Å². The summed E-state index contributed by atoms with van der Waals surface area (Å²) < 4.78 is 5.37. The van der Waals surface area contributed by atoms with Crippen LogP contribution in [0, 0.1) is 0 Å². The molecule has 1 amide bonds. The van der Waals surface area contributed by atoms with E-state index in [1.54, 1.807) is 12.1 Å². The Hall–Kier alpha value is -2.37. The van der Waals surface area contributed by atoms with Gasteiger partial charge in [-0.2, -0.15) is 4.98 Å². The molecule has 132 valence electrons. The highest BCUT2D eigenvalue weighted by Crippen LogP contribution is 2.39. The standard InChI is InChI=1S/C19H23N3O3/c23-16-8-3-13(4-9-16)5-10-17(24)22-11-1-2-15(12-22)18-20-19(25-21-18)14-6-7-14/h3-4,8-9,14-15,23H,1-2,5-7,10-12H2. The highest BCUT2D eigenvalue weighted by molar-refractivity contribution is 5.76. The zero-order chi connectivity index (χ0) is 17.2. The average molecular weight is 341 g/mol. The number of aromatic nitrogens is 2. The summed E-state index contributed by atoms with van der Waals surface area (Å²) in [6.07, 6.45) is 5.45. The zero-order valence-electron chi connectivity index (χ0n) is 14.2. The Kier molecular flexibility index (Phi) is 4.42. The number of phenolic OH excluding ortho intramolecular Hbond substituents is 1. The van der Waals surface area contributed by atoms with E-state index in [1.807, 2.05) is 17.0 Å². The van der Waals surface area contributed by atoms with Crippen molar-refractivity contribution in [2.45, 2.75) is 50.4 Å². The van der Waals surface area contributed by atoms with Gasteiger partial charge in [-0.15, -0.1) is 0 Å². The maximum absolute atomic E-state index is 12.6. The number of rotatable bonds is 5. The number of carbonyl (C=O) groups excluding carboxylic acids is 1. The van der Waals surface area contributed by atoms with Gasteiger partial charge in [0.1, 0.15) is 5.75 Å². The highest BCUT2D eigenvalue weighted by Gasteiger charge is 2.32. The largest absolute Gasteiger partial charge is 0.508 e. The SMILES string of the molecule is O=C(CCc1ccc(O)cc1)N1CCCC(c2noc(C3CC3)n2)C1. The second kappa shape index (κ2) is 6.86. The topological polar surface area (TPSA) is 79.5 Å². The van der Waals surface area contributed by atoms with Gasteiger partial charge >= 0.3 is 0 Å². The fourth-order valence-electron chi connectivity index (χ4n) is 3.40. The number of aromatic hydroxyl groups is 1. The first-order valence-electron chi connectivity index (χ1n) is 9.08. The lowest BCUT2D eigenvalue weighted by molar-refractivity contribution is -0.132. The molecule has 0 spiro atoms. The monoisotopic (exact) mass is 341 g/mol. The minimum Gasteiger partial charge on any atom is -0.508 e. The highest BCUT2D eigenvalue weighted by atomic mass is 16.5. The Morgan fingerprint density at radius 2 is 2.00 bits per heavy atom. The van der Waals surface area contributed by atoms with E-state index in [0.717, 1.165) is 49.5 Å². The molecular formula is C19H23N3O3. The second-order valence-electron chi connectivity index (χ2n) is 7.11. The zero-order valence-corrected chi connectivity index (χ0v) is 14.2. The lowest BCUT2D eigenvalue weighted by Crippen LogP contribution is -2.39. The lowest BCUT2D eigenvalue weighted by atomic mass is 9.96. The van der Waals surface area contributed by atoms with Crippen LogP contribution in [-0.4, -0.2) is 39.1 Å². The van der Waals surface area contributed by atoms with Crippen LogP contribution < -0.4 is 0 Å². The third kappa shape index (κ3) is 3.83. The molecular weight excluding hydrogens is 318 g/mol. The molecule has 1 saturated carbocycles. The molecule has 1 atom stereocenters. The van der Waals surface area contributed by atoms with Crippen LogP contribution in [0.15, 0.2) is 28.8 Å². The van der Waals surface area contributed by atoms with Crippen molar-refractivity contribution >= 4 is 5.91 Å². The summed E-state index contributed by atoms with van der Waals surface area (Å²) in [6, 6.07) is 7.04. The van der Waals surface area contributed by atoms with E-state index in [-0.39, 0.29) is 17.6 Å². The molecule has 2 aromatic rings. The van der Waals surface area contributed by atoms with Gasteiger partial charge in [0, 0.05) is 31.3 Å². The van der Waals surface area contributed by atoms with Gasteiger partial charge in [-0.1, -0.05) is 17.3 Å². The quantitative estimate of drug-likeness (QED) is 0.904. The molecule has 2 heterocycles. The molecule has 2 aliphatic rings. The van der Waals surface area contributed by atoms with Crippen LogP contribution in [0.2, 0.25) is 0 Å². The molecule has 0 bridgehead atoms. The lowest BCUT2D eigenvalue weighted by Gasteiger charge is -2.31. The number of nitrogens with zero attached hydrogens (tertiary/aromatic N) is 3. The molecule has 1 aliphatic carbocycles.